The van der Waals surface area contributed by atoms with Crippen molar-refractivity contribution in [2.75, 3.05) is 10.6 Å². The van der Waals surface area contributed by atoms with Crippen molar-refractivity contribution in [1.82, 2.24) is 5.32 Å². The van der Waals surface area contributed by atoms with Crippen LogP contribution in [0.3, 0.4) is 0 Å². The van der Waals surface area contributed by atoms with E-state index in [0.29, 0.717) is 10.7 Å². The van der Waals surface area contributed by atoms with Gasteiger partial charge < -0.3 is 10.6 Å². The van der Waals surface area contributed by atoms with Crippen molar-refractivity contribution in [2.45, 2.75) is 12.5 Å². The fraction of sp³-hybridized carbons (Fsp3) is 0.118. The molecule has 2 aromatic rings. The number of halogens is 1. The van der Waals surface area contributed by atoms with E-state index in [1.807, 2.05) is 30.3 Å². The van der Waals surface area contributed by atoms with E-state index in [0.717, 1.165) is 5.69 Å². The SMILES string of the molecule is O=C1C[C@H](C(=O)Nc2ccc(Cl)cc2)N=C(Nc2ccccc2)N1. The first-order valence-electron chi connectivity index (χ1n) is 7.36. The van der Waals surface area contributed by atoms with Crippen LogP contribution >= 0.6 is 11.6 Å². The Labute approximate surface area is 143 Å². The van der Waals surface area contributed by atoms with Crippen molar-refractivity contribution in [3.8, 4) is 0 Å². The summed E-state index contributed by atoms with van der Waals surface area (Å²) in [5.74, 6) is -0.354. The minimum atomic E-state index is -0.791. The van der Waals surface area contributed by atoms with E-state index < -0.39 is 6.04 Å². The van der Waals surface area contributed by atoms with Crippen LogP contribution in [0.5, 0.6) is 0 Å². The highest BCUT2D eigenvalue weighted by Gasteiger charge is 2.27. The van der Waals surface area contributed by atoms with Crippen LogP contribution in [0.25, 0.3) is 0 Å². The van der Waals surface area contributed by atoms with Gasteiger partial charge >= 0.3 is 0 Å². The van der Waals surface area contributed by atoms with E-state index in [4.69, 9.17) is 11.6 Å². The highest BCUT2D eigenvalue weighted by atomic mass is 35.5. The molecule has 0 fully saturated rings. The zero-order chi connectivity index (χ0) is 16.9. The molecule has 0 saturated carbocycles. The van der Waals surface area contributed by atoms with Gasteiger partial charge in [-0.3, -0.25) is 14.9 Å². The Hall–Kier alpha value is -2.86. The first kappa shape index (κ1) is 16.0. The average Bonchev–Trinajstić information content (AvgIpc) is 2.57. The Morgan fingerprint density at radius 3 is 2.50 bits per heavy atom. The van der Waals surface area contributed by atoms with Crippen LogP contribution in [0.2, 0.25) is 5.02 Å². The summed E-state index contributed by atoms with van der Waals surface area (Å²) in [4.78, 5) is 28.5. The first-order valence-corrected chi connectivity index (χ1v) is 7.74. The molecule has 2 aromatic carbocycles. The van der Waals surface area contributed by atoms with Crippen LogP contribution in [-0.4, -0.2) is 23.8 Å². The van der Waals surface area contributed by atoms with Gasteiger partial charge in [0.25, 0.3) is 0 Å². The second-order valence-electron chi connectivity index (χ2n) is 5.23. The van der Waals surface area contributed by atoms with Gasteiger partial charge in [0.15, 0.2) is 0 Å². The summed E-state index contributed by atoms with van der Waals surface area (Å²) < 4.78 is 0. The third-order valence-corrected chi connectivity index (χ3v) is 3.62. The predicted molar refractivity (Wildman–Crippen MR) is 94.1 cm³/mol. The molecule has 0 bridgehead atoms. The molecule has 3 rings (SSSR count). The van der Waals surface area contributed by atoms with Gasteiger partial charge in [-0.05, 0) is 36.4 Å². The standard InChI is InChI=1S/C17H15ClN4O2/c18-11-6-8-13(9-7-11)19-16(24)14-10-15(23)22-17(21-14)20-12-4-2-1-3-5-12/h1-9,14H,10H2,(H,19,24)(H2,20,21,22,23)/t14-/m1/s1. The molecule has 6 nitrogen and oxygen atoms in total. The second-order valence-corrected chi connectivity index (χ2v) is 5.67. The maximum absolute atomic E-state index is 12.3. The number of nitrogens with one attached hydrogen (secondary N) is 3. The number of para-hydroxylation sites is 1. The van der Waals surface area contributed by atoms with Crippen LogP contribution in [0, 0.1) is 0 Å². The van der Waals surface area contributed by atoms with Crippen LogP contribution in [-0.2, 0) is 9.59 Å². The zero-order valence-electron chi connectivity index (χ0n) is 12.6. The van der Waals surface area contributed by atoms with E-state index >= 15 is 0 Å². The van der Waals surface area contributed by atoms with Gasteiger partial charge in [-0.15, -0.1) is 0 Å². The van der Waals surface area contributed by atoms with E-state index in [2.05, 4.69) is 20.9 Å². The molecule has 1 atom stereocenters. The maximum Gasteiger partial charge on any atom is 0.249 e. The van der Waals surface area contributed by atoms with Gasteiger partial charge in [0.1, 0.15) is 6.04 Å². The molecule has 24 heavy (non-hydrogen) atoms. The Morgan fingerprint density at radius 2 is 1.79 bits per heavy atom. The third-order valence-electron chi connectivity index (χ3n) is 3.37. The number of benzene rings is 2. The number of nitrogens with zero attached hydrogens (tertiary/aromatic N) is 1. The van der Waals surface area contributed by atoms with Gasteiger partial charge in [0.2, 0.25) is 17.8 Å². The Balaban J connectivity index is 1.71. The van der Waals surface area contributed by atoms with Crippen LogP contribution in [0.15, 0.2) is 59.6 Å². The molecule has 7 heteroatoms. The summed E-state index contributed by atoms with van der Waals surface area (Å²) in [7, 11) is 0. The van der Waals surface area contributed by atoms with Crippen LogP contribution in [0.4, 0.5) is 11.4 Å². The molecule has 0 aliphatic carbocycles. The number of carbonyl (C=O) groups excluding carboxylic acids is 2. The van der Waals surface area contributed by atoms with Crippen molar-refractivity contribution in [1.29, 1.82) is 0 Å². The predicted octanol–water partition coefficient (Wildman–Crippen LogP) is 2.64. The van der Waals surface area contributed by atoms with E-state index in [1.54, 1.807) is 24.3 Å². The monoisotopic (exact) mass is 342 g/mol. The fourth-order valence-corrected chi connectivity index (χ4v) is 2.35. The quantitative estimate of drug-likeness (QED) is 0.802. The van der Waals surface area contributed by atoms with Crippen LogP contribution in [0.1, 0.15) is 6.42 Å². The van der Waals surface area contributed by atoms with Crippen molar-refractivity contribution >= 4 is 40.7 Å². The molecule has 0 unspecified atom stereocenters. The highest BCUT2D eigenvalue weighted by molar-refractivity contribution is 6.30. The summed E-state index contributed by atoms with van der Waals surface area (Å²) in [6.45, 7) is 0. The zero-order valence-corrected chi connectivity index (χ0v) is 13.4. The van der Waals surface area contributed by atoms with Crippen molar-refractivity contribution in [3.05, 3.63) is 59.6 Å². The first-order chi connectivity index (χ1) is 11.6. The Kier molecular flexibility index (Phi) is 4.77. The summed E-state index contributed by atoms with van der Waals surface area (Å²) in [5, 5.41) is 8.92. The molecule has 122 valence electrons. The number of amides is 2. The van der Waals surface area contributed by atoms with Gasteiger partial charge in [-0.2, -0.15) is 0 Å². The largest absolute Gasteiger partial charge is 0.326 e. The number of anilines is 2. The van der Waals surface area contributed by atoms with Gasteiger partial charge in [0, 0.05) is 16.4 Å². The molecule has 0 aromatic heterocycles. The lowest BCUT2D eigenvalue weighted by atomic mass is 10.1. The topological polar surface area (TPSA) is 82.6 Å². The van der Waals surface area contributed by atoms with Crippen molar-refractivity contribution in [2.24, 2.45) is 4.99 Å². The number of guanidine groups is 1. The number of hydrogen-bond donors (Lipinski definition) is 3. The minimum absolute atomic E-state index is 0.000602. The molecule has 2 amide bonds. The average molecular weight is 343 g/mol. The Morgan fingerprint density at radius 1 is 1.08 bits per heavy atom. The summed E-state index contributed by atoms with van der Waals surface area (Å²) in [6.07, 6.45) is -0.000602. The number of hydrogen-bond acceptors (Lipinski definition) is 4. The number of carbonyl (C=O) groups is 2. The molecule has 0 radical (unpaired) electrons. The second kappa shape index (κ2) is 7.14. The lowest BCUT2D eigenvalue weighted by molar-refractivity contribution is -0.124. The third kappa shape index (κ3) is 4.11. The summed E-state index contributed by atoms with van der Waals surface area (Å²) >= 11 is 5.82. The smallest absolute Gasteiger partial charge is 0.249 e. The van der Waals surface area contributed by atoms with Gasteiger partial charge in [-0.1, -0.05) is 29.8 Å². The van der Waals surface area contributed by atoms with Crippen molar-refractivity contribution in [3.63, 3.8) is 0 Å². The van der Waals surface area contributed by atoms with E-state index in [1.165, 1.54) is 0 Å². The van der Waals surface area contributed by atoms with Crippen LogP contribution < -0.4 is 16.0 Å². The lowest BCUT2D eigenvalue weighted by Crippen LogP contribution is -2.45. The minimum Gasteiger partial charge on any atom is -0.326 e. The lowest BCUT2D eigenvalue weighted by Gasteiger charge is -2.21. The summed E-state index contributed by atoms with van der Waals surface area (Å²) in [6, 6.07) is 15.2. The normalized spacial score (nSPS) is 16.8. The maximum atomic E-state index is 12.3. The number of rotatable bonds is 3. The molecular weight excluding hydrogens is 328 g/mol. The summed E-state index contributed by atoms with van der Waals surface area (Å²) in [5.41, 5.74) is 1.37. The van der Waals surface area contributed by atoms with E-state index in [-0.39, 0.29) is 24.2 Å². The van der Waals surface area contributed by atoms with Crippen molar-refractivity contribution < 1.29 is 9.59 Å². The molecule has 3 N–H and O–H groups in total. The number of aliphatic imine (C=N–C) groups is 1. The van der Waals surface area contributed by atoms with E-state index in [9.17, 15) is 9.59 Å². The van der Waals surface area contributed by atoms with Gasteiger partial charge in [-0.25, -0.2) is 4.99 Å². The molecule has 1 aliphatic heterocycles. The molecule has 0 saturated heterocycles. The highest BCUT2D eigenvalue weighted by Crippen LogP contribution is 2.15. The molecule has 1 aliphatic rings. The molecular formula is C17H15ClN4O2. The molecule has 0 spiro atoms. The van der Waals surface area contributed by atoms with Gasteiger partial charge in [0.05, 0.1) is 6.42 Å². The Bertz CT molecular complexity index is 775. The fourth-order valence-electron chi connectivity index (χ4n) is 2.22. The molecule has 1 heterocycles.